The van der Waals surface area contributed by atoms with Crippen LogP contribution in [-0.2, 0) is 12.7 Å². The van der Waals surface area contributed by atoms with Gasteiger partial charge in [-0.25, -0.2) is 9.97 Å². The second-order valence-corrected chi connectivity index (χ2v) is 5.37. The molecular formula is C15H15F3N4. The third kappa shape index (κ3) is 3.29. The Morgan fingerprint density at radius 1 is 1.09 bits per heavy atom. The second-order valence-electron chi connectivity index (χ2n) is 5.37. The smallest absolute Gasteiger partial charge is 0.396 e. The zero-order valence-corrected chi connectivity index (χ0v) is 11.7. The maximum atomic E-state index is 12.6. The van der Waals surface area contributed by atoms with Crippen molar-refractivity contribution in [3.8, 4) is 0 Å². The average molecular weight is 308 g/mol. The number of alkyl halides is 3. The van der Waals surface area contributed by atoms with Gasteiger partial charge < -0.3 is 10.6 Å². The minimum atomic E-state index is -4.31. The van der Waals surface area contributed by atoms with Crippen LogP contribution in [0.2, 0.25) is 0 Å². The molecule has 2 aromatic rings. The van der Waals surface area contributed by atoms with Gasteiger partial charge in [-0.15, -0.1) is 0 Å². The van der Waals surface area contributed by atoms with Crippen LogP contribution in [0.1, 0.15) is 24.0 Å². The highest BCUT2D eigenvalue weighted by molar-refractivity contribution is 5.41. The maximum Gasteiger partial charge on any atom is 0.416 e. The van der Waals surface area contributed by atoms with Crippen LogP contribution in [0.5, 0.6) is 0 Å². The van der Waals surface area contributed by atoms with Crippen LogP contribution in [0.3, 0.4) is 0 Å². The summed E-state index contributed by atoms with van der Waals surface area (Å²) in [6.07, 6.45) is 0.826. The molecular weight excluding hydrogens is 293 g/mol. The molecule has 1 aromatic carbocycles. The highest BCUT2D eigenvalue weighted by Crippen LogP contribution is 2.32. The first-order valence-electron chi connectivity index (χ1n) is 6.94. The van der Waals surface area contributed by atoms with Gasteiger partial charge in [0.2, 0.25) is 5.95 Å². The van der Waals surface area contributed by atoms with Crippen molar-refractivity contribution < 1.29 is 13.2 Å². The van der Waals surface area contributed by atoms with E-state index >= 15 is 0 Å². The lowest BCUT2D eigenvalue weighted by Crippen LogP contribution is -2.27. The molecule has 0 aliphatic heterocycles. The molecule has 0 bridgehead atoms. The molecule has 1 fully saturated rings. The van der Waals surface area contributed by atoms with E-state index < -0.39 is 11.7 Å². The monoisotopic (exact) mass is 308 g/mol. The molecule has 1 aliphatic rings. The number of aromatic nitrogens is 2. The Morgan fingerprint density at radius 3 is 2.18 bits per heavy atom. The molecule has 0 unspecified atom stereocenters. The van der Waals surface area contributed by atoms with E-state index in [1.165, 1.54) is 24.5 Å². The Labute approximate surface area is 125 Å². The number of hydrogen-bond acceptors (Lipinski definition) is 4. The molecule has 0 atom stereocenters. The van der Waals surface area contributed by atoms with Gasteiger partial charge in [-0.2, -0.15) is 13.2 Å². The van der Waals surface area contributed by atoms with Gasteiger partial charge in [-0.1, -0.05) is 12.1 Å². The molecule has 116 valence electrons. The fourth-order valence-electron chi connectivity index (χ4n) is 2.22. The van der Waals surface area contributed by atoms with Crippen LogP contribution in [0.4, 0.5) is 24.8 Å². The van der Waals surface area contributed by atoms with Crippen molar-refractivity contribution in [3.05, 3.63) is 47.8 Å². The highest BCUT2D eigenvalue weighted by Gasteiger charge is 2.32. The summed E-state index contributed by atoms with van der Waals surface area (Å²) in [5, 5.41) is 0. The zero-order valence-electron chi connectivity index (χ0n) is 11.7. The van der Waals surface area contributed by atoms with Crippen molar-refractivity contribution in [2.45, 2.75) is 31.6 Å². The Morgan fingerprint density at radius 2 is 1.68 bits per heavy atom. The van der Waals surface area contributed by atoms with Gasteiger partial charge in [0.05, 0.1) is 23.6 Å². The molecule has 7 heteroatoms. The molecule has 4 nitrogen and oxygen atoms in total. The summed E-state index contributed by atoms with van der Waals surface area (Å²) in [6, 6.07) is 5.53. The minimum absolute atomic E-state index is 0.339. The zero-order chi connectivity index (χ0) is 15.7. The number of benzene rings is 1. The SMILES string of the molecule is Nc1cnc(N(Cc2ccc(C(F)(F)F)cc2)C2CC2)nc1. The largest absolute Gasteiger partial charge is 0.416 e. The first-order chi connectivity index (χ1) is 10.4. The molecule has 0 amide bonds. The summed E-state index contributed by atoms with van der Waals surface area (Å²) in [5.74, 6) is 0.552. The first-order valence-corrected chi connectivity index (χ1v) is 6.94. The highest BCUT2D eigenvalue weighted by atomic mass is 19.4. The van der Waals surface area contributed by atoms with Gasteiger partial charge in [-0.05, 0) is 30.5 Å². The molecule has 2 N–H and O–H groups in total. The number of nitrogen functional groups attached to an aromatic ring is 1. The summed E-state index contributed by atoms with van der Waals surface area (Å²) in [5.41, 5.74) is 6.21. The summed E-state index contributed by atoms with van der Waals surface area (Å²) in [4.78, 5) is 10.4. The van der Waals surface area contributed by atoms with E-state index in [0.29, 0.717) is 24.2 Å². The van der Waals surface area contributed by atoms with Crippen molar-refractivity contribution in [2.75, 3.05) is 10.6 Å². The Hall–Kier alpha value is -2.31. The molecule has 22 heavy (non-hydrogen) atoms. The van der Waals surface area contributed by atoms with Crippen LogP contribution in [-0.4, -0.2) is 16.0 Å². The lowest BCUT2D eigenvalue weighted by Gasteiger charge is -2.22. The molecule has 1 heterocycles. The molecule has 1 aliphatic carbocycles. The summed E-state index contributed by atoms with van der Waals surface area (Å²) in [6.45, 7) is 0.479. The lowest BCUT2D eigenvalue weighted by atomic mass is 10.1. The van der Waals surface area contributed by atoms with Crippen molar-refractivity contribution in [1.82, 2.24) is 9.97 Å². The molecule has 1 saturated carbocycles. The van der Waals surface area contributed by atoms with Crippen LogP contribution in [0, 0.1) is 0 Å². The van der Waals surface area contributed by atoms with E-state index in [1.54, 1.807) is 0 Å². The normalized spacial score (nSPS) is 14.9. The van der Waals surface area contributed by atoms with E-state index in [9.17, 15) is 13.2 Å². The molecule has 0 saturated heterocycles. The summed E-state index contributed by atoms with van der Waals surface area (Å²) >= 11 is 0. The predicted octanol–water partition coefficient (Wildman–Crippen LogP) is 3.25. The number of nitrogens with two attached hydrogens (primary N) is 1. The fourth-order valence-corrected chi connectivity index (χ4v) is 2.22. The Kier molecular flexibility index (Phi) is 3.64. The number of halogens is 3. The molecule has 3 rings (SSSR count). The van der Waals surface area contributed by atoms with Crippen molar-refractivity contribution in [1.29, 1.82) is 0 Å². The molecule has 0 spiro atoms. The minimum Gasteiger partial charge on any atom is -0.396 e. The number of anilines is 2. The van der Waals surface area contributed by atoms with Crippen LogP contribution in [0.15, 0.2) is 36.7 Å². The van der Waals surface area contributed by atoms with E-state index in [-0.39, 0.29) is 0 Å². The van der Waals surface area contributed by atoms with E-state index in [4.69, 9.17) is 5.73 Å². The van der Waals surface area contributed by atoms with Gasteiger partial charge in [0.15, 0.2) is 0 Å². The first kappa shape index (κ1) is 14.6. The van der Waals surface area contributed by atoms with Crippen molar-refractivity contribution in [3.63, 3.8) is 0 Å². The van der Waals surface area contributed by atoms with Crippen LogP contribution < -0.4 is 10.6 Å². The van der Waals surface area contributed by atoms with E-state index in [0.717, 1.165) is 30.5 Å². The number of rotatable bonds is 4. The fraction of sp³-hybridized carbons (Fsp3) is 0.333. The van der Waals surface area contributed by atoms with Gasteiger partial charge in [-0.3, -0.25) is 0 Å². The third-order valence-corrected chi connectivity index (χ3v) is 3.54. The summed E-state index contributed by atoms with van der Waals surface area (Å²) in [7, 11) is 0. The number of nitrogens with zero attached hydrogens (tertiary/aromatic N) is 3. The van der Waals surface area contributed by atoms with Gasteiger partial charge in [0.1, 0.15) is 0 Å². The standard InChI is InChI=1S/C15H15F3N4/c16-15(17,18)11-3-1-10(2-4-11)9-22(13-5-6-13)14-20-7-12(19)8-21-14/h1-4,7-8,13H,5-6,9,19H2. The maximum absolute atomic E-state index is 12.6. The quantitative estimate of drug-likeness (QED) is 0.942. The van der Waals surface area contributed by atoms with Crippen molar-refractivity contribution >= 4 is 11.6 Å². The molecule has 1 aromatic heterocycles. The third-order valence-electron chi connectivity index (χ3n) is 3.54. The van der Waals surface area contributed by atoms with Gasteiger partial charge >= 0.3 is 6.18 Å². The number of hydrogen-bond donors (Lipinski definition) is 1. The van der Waals surface area contributed by atoms with Crippen molar-refractivity contribution in [2.24, 2.45) is 0 Å². The Bertz CT molecular complexity index is 633. The molecule has 0 radical (unpaired) electrons. The predicted molar refractivity (Wildman–Crippen MR) is 77.1 cm³/mol. The van der Waals surface area contributed by atoms with E-state index in [1.807, 2.05) is 4.90 Å². The average Bonchev–Trinajstić information content (AvgIpc) is 3.30. The second kappa shape index (κ2) is 5.47. The van der Waals surface area contributed by atoms with Gasteiger partial charge in [0, 0.05) is 12.6 Å². The lowest BCUT2D eigenvalue weighted by molar-refractivity contribution is -0.137. The van der Waals surface area contributed by atoms with E-state index in [2.05, 4.69) is 9.97 Å². The Balaban J connectivity index is 1.78. The van der Waals surface area contributed by atoms with Crippen LogP contribution in [0.25, 0.3) is 0 Å². The van der Waals surface area contributed by atoms with Crippen LogP contribution >= 0.6 is 0 Å². The topological polar surface area (TPSA) is 55.0 Å². The summed E-state index contributed by atoms with van der Waals surface area (Å²) < 4.78 is 37.7. The van der Waals surface area contributed by atoms with Gasteiger partial charge in [0.25, 0.3) is 0 Å².